The maximum Gasteiger partial charge on any atom is 0.0951 e. The predicted molar refractivity (Wildman–Crippen MR) is 75.6 cm³/mol. The average Bonchev–Trinajstić information content (AvgIpc) is 2.83. The van der Waals surface area contributed by atoms with Crippen molar-refractivity contribution in [1.82, 2.24) is 14.9 Å². The summed E-state index contributed by atoms with van der Waals surface area (Å²) in [6.07, 6.45) is 5.02. The molecule has 0 saturated carbocycles. The van der Waals surface area contributed by atoms with Gasteiger partial charge in [-0.15, -0.1) is 0 Å². The number of benzene rings is 1. The van der Waals surface area contributed by atoms with Gasteiger partial charge in [0.1, 0.15) is 0 Å². The number of aryl methyl sites for hydroxylation is 1. The average molecular weight is 243 g/mol. The molecule has 18 heavy (non-hydrogen) atoms. The fourth-order valence-electron chi connectivity index (χ4n) is 2.04. The topological polar surface area (TPSA) is 29.9 Å². The molecule has 1 heterocycles. The van der Waals surface area contributed by atoms with Gasteiger partial charge in [-0.3, -0.25) is 0 Å². The molecule has 0 bridgehead atoms. The minimum atomic E-state index is 0.962. The summed E-state index contributed by atoms with van der Waals surface area (Å²) in [4.78, 5) is 4.26. The standard InChI is InChI=1S/C15H21N3/c1-3-7-16-8-9-18-12-17-11-15(18)14-6-4-5-13(2)10-14/h4-6,10-12,16H,3,7-9H2,1-2H3. The molecule has 0 aliphatic heterocycles. The van der Waals surface area contributed by atoms with Crippen molar-refractivity contribution >= 4 is 0 Å². The van der Waals surface area contributed by atoms with Gasteiger partial charge in [-0.05, 0) is 26.0 Å². The first-order valence-corrected chi connectivity index (χ1v) is 6.59. The van der Waals surface area contributed by atoms with E-state index in [0.717, 1.165) is 19.6 Å². The maximum atomic E-state index is 4.26. The Labute approximate surface area is 109 Å². The Bertz CT molecular complexity index is 488. The van der Waals surface area contributed by atoms with Gasteiger partial charge in [-0.2, -0.15) is 0 Å². The van der Waals surface area contributed by atoms with Gasteiger partial charge < -0.3 is 9.88 Å². The SMILES string of the molecule is CCCNCCn1cncc1-c1cccc(C)c1. The molecule has 0 radical (unpaired) electrons. The number of hydrogen-bond donors (Lipinski definition) is 1. The smallest absolute Gasteiger partial charge is 0.0951 e. The van der Waals surface area contributed by atoms with E-state index in [4.69, 9.17) is 0 Å². The van der Waals surface area contributed by atoms with Crippen LogP contribution in [-0.4, -0.2) is 22.6 Å². The molecule has 2 aromatic rings. The number of rotatable bonds is 6. The first-order chi connectivity index (χ1) is 8.81. The number of imidazole rings is 1. The summed E-state index contributed by atoms with van der Waals surface area (Å²) in [7, 11) is 0. The summed E-state index contributed by atoms with van der Waals surface area (Å²) < 4.78 is 2.21. The molecule has 1 aromatic heterocycles. The van der Waals surface area contributed by atoms with Crippen molar-refractivity contribution < 1.29 is 0 Å². The third kappa shape index (κ3) is 3.20. The number of aromatic nitrogens is 2. The van der Waals surface area contributed by atoms with Crippen LogP contribution in [0.1, 0.15) is 18.9 Å². The van der Waals surface area contributed by atoms with Crippen molar-refractivity contribution in [3.8, 4) is 11.3 Å². The quantitative estimate of drug-likeness (QED) is 0.791. The molecule has 1 aromatic carbocycles. The van der Waals surface area contributed by atoms with E-state index in [0.29, 0.717) is 0 Å². The molecule has 0 spiro atoms. The van der Waals surface area contributed by atoms with Crippen LogP contribution in [0.2, 0.25) is 0 Å². The van der Waals surface area contributed by atoms with Crippen LogP contribution >= 0.6 is 0 Å². The fourth-order valence-corrected chi connectivity index (χ4v) is 2.04. The van der Waals surface area contributed by atoms with Crippen molar-refractivity contribution in [2.45, 2.75) is 26.8 Å². The molecule has 0 aliphatic rings. The van der Waals surface area contributed by atoms with Gasteiger partial charge in [0.05, 0.1) is 18.2 Å². The van der Waals surface area contributed by atoms with Crippen molar-refractivity contribution in [2.75, 3.05) is 13.1 Å². The molecule has 3 nitrogen and oxygen atoms in total. The normalized spacial score (nSPS) is 10.8. The van der Waals surface area contributed by atoms with E-state index in [1.54, 1.807) is 0 Å². The van der Waals surface area contributed by atoms with Crippen LogP contribution in [0.5, 0.6) is 0 Å². The lowest BCUT2D eigenvalue weighted by Gasteiger charge is -2.09. The maximum absolute atomic E-state index is 4.26. The summed E-state index contributed by atoms with van der Waals surface area (Å²) in [6, 6.07) is 8.55. The van der Waals surface area contributed by atoms with Gasteiger partial charge >= 0.3 is 0 Å². The Balaban J connectivity index is 2.08. The number of nitrogens with one attached hydrogen (secondary N) is 1. The van der Waals surface area contributed by atoms with E-state index >= 15 is 0 Å². The van der Waals surface area contributed by atoms with Gasteiger partial charge in [-0.1, -0.05) is 30.7 Å². The van der Waals surface area contributed by atoms with E-state index in [1.807, 2.05) is 12.5 Å². The summed E-state index contributed by atoms with van der Waals surface area (Å²) in [5, 5.41) is 3.41. The van der Waals surface area contributed by atoms with Crippen molar-refractivity contribution in [2.24, 2.45) is 0 Å². The molecule has 0 fully saturated rings. The molecule has 96 valence electrons. The van der Waals surface area contributed by atoms with Gasteiger partial charge in [0, 0.05) is 18.7 Å². The zero-order valence-corrected chi connectivity index (χ0v) is 11.2. The van der Waals surface area contributed by atoms with E-state index in [9.17, 15) is 0 Å². The molecule has 0 unspecified atom stereocenters. The fraction of sp³-hybridized carbons (Fsp3) is 0.400. The molecule has 0 amide bonds. The van der Waals surface area contributed by atoms with E-state index in [-0.39, 0.29) is 0 Å². The molecule has 3 heteroatoms. The van der Waals surface area contributed by atoms with E-state index in [2.05, 4.69) is 53.0 Å². The minimum absolute atomic E-state index is 0.962. The molecule has 2 rings (SSSR count). The Morgan fingerprint density at radius 1 is 1.28 bits per heavy atom. The minimum Gasteiger partial charge on any atom is -0.329 e. The van der Waals surface area contributed by atoms with Crippen LogP contribution in [0.3, 0.4) is 0 Å². The van der Waals surface area contributed by atoms with E-state index in [1.165, 1.54) is 23.2 Å². The van der Waals surface area contributed by atoms with Crippen LogP contribution in [0.15, 0.2) is 36.8 Å². The first-order valence-electron chi connectivity index (χ1n) is 6.59. The zero-order valence-electron chi connectivity index (χ0n) is 11.2. The summed E-state index contributed by atoms with van der Waals surface area (Å²) in [5.74, 6) is 0. The highest BCUT2D eigenvalue weighted by atomic mass is 15.1. The van der Waals surface area contributed by atoms with Crippen LogP contribution in [0.25, 0.3) is 11.3 Å². The Hall–Kier alpha value is -1.61. The lowest BCUT2D eigenvalue weighted by molar-refractivity contribution is 0.596. The Kier molecular flexibility index (Phi) is 4.53. The Morgan fingerprint density at radius 2 is 2.17 bits per heavy atom. The van der Waals surface area contributed by atoms with Gasteiger partial charge in [0.25, 0.3) is 0 Å². The van der Waals surface area contributed by atoms with Gasteiger partial charge in [0.2, 0.25) is 0 Å². The number of hydrogen-bond acceptors (Lipinski definition) is 2. The second kappa shape index (κ2) is 6.36. The summed E-state index contributed by atoms with van der Waals surface area (Å²) in [6.45, 7) is 7.33. The van der Waals surface area contributed by atoms with Crippen LogP contribution in [0, 0.1) is 6.92 Å². The van der Waals surface area contributed by atoms with Crippen molar-refractivity contribution in [1.29, 1.82) is 0 Å². The summed E-state index contributed by atoms with van der Waals surface area (Å²) >= 11 is 0. The summed E-state index contributed by atoms with van der Waals surface area (Å²) in [5.41, 5.74) is 3.71. The van der Waals surface area contributed by atoms with Crippen LogP contribution in [-0.2, 0) is 6.54 Å². The Morgan fingerprint density at radius 3 is 2.94 bits per heavy atom. The van der Waals surface area contributed by atoms with Gasteiger partial charge in [-0.25, -0.2) is 4.98 Å². The highest BCUT2D eigenvalue weighted by Gasteiger charge is 2.04. The highest BCUT2D eigenvalue weighted by molar-refractivity contribution is 5.59. The van der Waals surface area contributed by atoms with Crippen molar-refractivity contribution in [3.05, 3.63) is 42.4 Å². The van der Waals surface area contributed by atoms with Gasteiger partial charge in [0.15, 0.2) is 0 Å². The van der Waals surface area contributed by atoms with E-state index < -0.39 is 0 Å². The lowest BCUT2D eigenvalue weighted by Crippen LogP contribution is -2.20. The molecule has 0 saturated heterocycles. The largest absolute Gasteiger partial charge is 0.329 e. The molecular weight excluding hydrogens is 222 g/mol. The first kappa shape index (κ1) is 12.8. The highest BCUT2D eigenvalue weighted by Crippen LogP contribution is 2.19. The zero-order chi connectivity index (χ0) is 12.8. The second-order valence-electron chi connectivity index (χ2n) is 4.59. The lowest BCUT2D eigenvalue weighted by atomic mass is 10.1. The number of nitrogens with zero attached hydrogens (tertiary/aromatic N) is 2. The molecular formula is C15H21N3. The molecule has 0 aliphatic carbocycles. The molecule has 1 N–H and O–H groups in total. The predicted octanol–water partition coefficient (Wildman–Crippen LogP) is 2.86. The second-order valence-corrected chi connectivity index (χ2v) is 4.59. The third-order valence-electron chi connectivity index (χ3n) is 2.98. The monoisotopic (exact) mass is 243 g/mol. The van der Waals surface area contributed by atoms with Crippen LogP contribution < -0.4 is 5.32 Å². The van der Waals surface area contributed by atoms with Crippen molar-refractivity contribution in [3.63, 3.8) is 0 Å². The van der Waals surface area contributed by atoms with Crippen LogP contribution in [0.4, 0.5) is 0 Å². The third-order valence-corrected chi connectivity index (χ3v) is 2.98. The molecule has 0 atom stereocenters.